The number of nitrogens with zero attached hydrogens (tertiary/aromatic N) is 3. The molecule has 0 spiro atoms. The maximum absolute atomic E-state index is 12.9. The first-order chi connectivity index (χ1) is 12.0. The van der Waals surface area contributed by atoms with Crippen LogP contribution in [-0.4, -0.2) is 27.2 Å². The van der Waals surface area contributed by atoms with Gasteiger partial charge in [0, 0.05) is 18.3 Å². The van der Waals surface area contributed by atoms with E-state index in [1.54, 1.807) is 17.0 Å². The fourth-order valence-electron chi connectivity index (χ4n) is 2.28. The molecule has 128 valence electrons. The lowest BCUT2D eigenvalue weighted by atomic mass is 10.1. The summed E-state index contributed by atoms with van der Waals surface area (Å²) in [7, 11) is 1.82. The van der Waals surface area contributed by atoms with Crippen LogP contribution in [0.25, 0.3) is 11.4 Å². The van der Waals surface area contributed by atoms with Crippen LogP contribution in [0.3, 0.4) is 0 Å². The van der Waals surface area contributed by atoms with E-state index >= 15 is 0 Å². The fourth-order valence-corrected chi connectivity index (χ4v) is 2.46. The van der Waals surface area contributed by atoms with Gasteiger partial charge in [-0.05, 0) is 49.0 Å². The Bertz CT molecular complexity index is 879. The van der Waals surface area contributed by atoms with Crippen LogP contribution < -0.4 is 5.32 Å². The summed E-state index contributed by atoms with van der Waals surface area (Å²) >= 11 is 5.34. The molecule has 7 heteroatoms. The Morgan fingerprint density at radius 2 is 1.92 bits per heavy atom. The third-order valence-electron chi connectivity index (χ3n) is 3.67. The molecule has 0 amide bonds. The van der Waals surface area contributed by atoms with Crippen molar-refractivity contribution in [3.8, 4) is 11.4 Å². The van der Waals surface area contributed by atoms with Crippen LogP contribution in [0, 0.1) is 12.7 Å². The smallest absolute Gasteiger partial charge is 0.246 e. The Morgan fingerprint density at radius 1 is 1.20 bits per heavy atom. The quantitative estimate of drug-likeness (QED) is 0.713. The molecule has 3 aromatic rings. The van der Waals surface area contributed by atoms with E-state index in [-0.39, 0.29) is 5.82 Å². The average Bonchev–Trinajstić information content (AvgIpc) is 3.05. The summed E-state index contributed by atoms with van der Waals surface area (Å²) in [5.41, 5.74) is 2.73. The Morgan fingerprint density at radius 3 is 2.64 bits per heavy atom. The number of anilines is 1. The number of hydrogen-bond donors (Lipinski definition) is 1. The van der Waals surface area contributed by atoms with Crippen molar-refractivity contribution in [3.63, 3.8) is 0 Å². The summed E-state index contributed by atoms with van der Waals surface area (Å²) in [5, 5.41) is 7.55. The zero-order valence-corrected chi connectivity index (χ0v) is 14.7. The van der Waals surface area contributed by atoms with E-state index < -0.39 is 0 Å². The first kappa shape index (κ1) is 17.0. The molecule has 0 aliphatic carbocycles. The summed E-state index contributed by atoms with van der Waals surface area (Å²) in [6.07, 6.45) is 0. The van der Waals surface area contributed by atoms with Crippen molar-refractivity contribution in [2.45, 2.75) is 13.5 Å². The van der Waals surface area contributed by atoms with Crippen LogP contribution in [0.15, 0.2) is 53.1 Å². The minimum Gasteiger partial charge on any atom is -0.343 e. The summed E-state index contributed by atoms with van der Waals surface area (Å²) in [5.74, 6) is 0.724. The number of thiocarbonyl (C=S) groups is 1. The molecule has 0 saturated heterocycles. The molecular formula is C18H17FN4OS. The zero-order chi connectivity index (χ0) is 17.8. The topological polar surface area (TPSA) is 54.2 Å². The van der Waals surface area contributed by atoms with Crippen LogP contribution in [0.1, 0.15) is 11.5 Å². The maximum Gasteiger partial charge on any atom is 0.246 e. The molecule has 3 rings (SSSR count). The highest BCUT2D eigenvalue weighted by Gasteiger charge is 2.13. The summed E-state index contributed by atoms with van der Waals surface area (Å²) in [4.78, 5) is 6.20. The monoisotopic (exact) mass is 356 g/mol. The van der Waals surface area contributed by atoms with Crippen LogP contribution in [0.2, 0.25) is 0 Å². The van der Waals surface area contributed by atoms with Gasteiger partial charge < -0.3 is 14.7 Å². The minimum atomic E-state index is -0.292. The van der Waals surface area contributed by atoms with Crippen LogP contribution in [0.5, 0.6) is 0 Å². The van der Waals surface area contributed by atoms with Crippen LogP contribution >= 0.6 is 12.2 Å². The van der Waals surface area contributed by atoms with E-state index in [1.807, 2.05) is 38.2 Å². The molecule has 0 aliphatic heterocycles. The molecule has 0 unspecified atom stereocenters. The summed E-state index contributed by atoms with van der Waals surface area (Å²) < 4.78 is 18.3. The molecule has 1 N–H and O–H groups in total. The fraction of sp³-hybridized carbons (Fsp3) is 0.167. The van der Waals surface area contributed by atoms with Gasteiger partial charge in [0.2, 0.25) is 11.7 Å². The van der Waals surface area contributed by atoms with E-state index in [0.717, 1.165) is 11.1 Å². The van der Waals surface area contributed by atoms with E-state index in [1.165, 1.54) is 12.1 Å². The molecule has 0 radical (unpaired) electrons. The number of hydrogen-bond acceptors (Lipinski definition) is 4. The Labute approximate surface area is 150 Å². The van der Waals surface area contributed by atoms with Crippen molar-refractivity contribution < 1.29 is 8.91 Å². The number of aryl methyl sites for hydroxylation is 1. The van der Waals surface area contributed by atoms with Gasteiger partial charge >= 0.3 is 0 Å². The minimum absolute atomic E-state index is 0.292. The van der Waals surface area contributed by atoms with Crippen molar-refractivity contribution in [1.82, 2.24) is 15.0 Å². The molecule has 25 heavy (non-hydrogen) atoms. The van der Waals surface area contributed by atoms with E-state index in [4.69, 9.17) is 16.7 Å². The Kier molecular flexibility index (Phi) is 5.04. The van der Waals surface area contributed by atoms with Crippen LogP contribution in [-0.2, 0) is 6.54 Å². The van der Waals surface area contributed by atoms with Crippen molar-refractivity contribution >= 4 is 23.0 Å². The van der Waals surface area contributed by atoms with Gasteiger partial charge in [-0.2, -0.15) is 4.98 Å². The van der Waals surface area contributed by atoms with E-state index in [9.17, 15) is 4.39 Å². The first-order valence-corrected chi connectivity index (χ1v) is 8.10. The molecule has 1 heterocycles. The number of rotatable bonds is 4. The van der Waals surface area contributed by atoms with Gasteiger partial charge in [0.25, 0.3) is 0 Å². The largest absolute Gasteiger partial charge is 0.343 e. The summed E-state index contributed by atoms with van der Waals surface area (Å²) in [6, 6.07) is 13.8. The predicted octanol–water partition coefficient (Wildman–Crippen LogP) is 4.01. The van der Waals surface area contributed by atoms with Gasteiger partial charge in [-0.3, -0.25) is 0 Å². The van der Waals surface area contributed by atoms with Gasteiger partial charge in [0.1, 0.15) is 5.82 Å². The normalized spacial score (nSPS) is 10.5. The summed E-state index contributed by atoms with van der Waals surface area (Å²) in [6.45, 7) is 2.37. The van der Waals surface area contributed by atoms with E-state index in [2.05, 4.69) is 15.5 Å². The van der Waals surface area contributed by atoms with Crippen molar-refractivity contribution in [2.24, 2.45) is 0 Å². The second kappa shape index (κ2) is 7.40. The lowest BCUT2D eigenvalue weighted by molar-refractivity contribution is 0.336. The number of nitrogens with one attached hydrogen (secondary N) is 1. The molecule has 2 aromatic carbocycles. The SMILES string of the molecule is Cc1ccccc1-c1noc(CN(C)C(=S)Nc2ccc(F)cc2)n1. The molecule has 1 aromatic heterocycles. The Balaban J connectivity index is 1.65. The Hall–Kier alpha value is -2.80. The molecule has 0 saturated carbocycles. The lowest BCUT2D eigenvalue weighted by Crippen LogP contribution is -2.30. The highest BCUT2D eigenvalue weighted by molar-refractivity contribution is 7.80. The lowest BCUT2D eigenvalue weighted by Gasteiger charge is -2.19. The highest BCUT2D eigenvalue weighted by Crippen LogP contribution is 2.20. The van der Waals surface area contributed by atoms with Crippen molar-refractivity contribution in [3.05, 3.63) is 65.8 Å². The van der Waals surface area contributed by atoms with Crippen molar-refractivity contribution in [2.75, 3.05) is 12.4 Å². The van der Waals surface area contributed by atoms with Gasteiger partial charge in [0.15, 0.2) is 5.11 Å². The van der Waals surface area contributed by atoms with Crippen molar-refractivity contribution in [1.29, 1.82) is 0 Å². The highest BCUT2D eigenvalue weighted by atomic mass is 32.1. The number of halogens is 1. The molecule has 0 aliphatic rings. The molecule has 0 fully saturated rings. The standard InChI is InChI=1S/C18H17FN4OS/c1-12-5-3-4-6-15(12)17-21-16(24-22-17)11-23(2)18(25)20-14-9-7-13(19)8-10-14/h3-10H,11H2,1-2H3,(H,20,25). The van der Waals surface area contributed by atoms with E-state index in [0.29, 0.717) is 29.1 Å². The molecule has 0 bridgehead atoms. The van der Waals surface area contributed by atoms with Crippen LogP contribution in [0.4, 0.5) is 10.1 Å². The zero-order valence-electron chi connectivity index (χ0n) is 13.9. The number of benzene rings is 2. The van der Waals surface area contributed by atoms with Gasteiger partial charge in [-0.25, -0.2) is 4.39 Å². The first-order valence-electron chi connectivity index (χ1n) is 7.69. The maximum atomic E-state index is 12.9. The van der Waals surface area contributed by atoms with Gasteiger partial charge in [-0.15, -0.1) is 0 Å². The second-order valence-corrected chi connectivity index (χ2v) is 6.01. The van der Waals surface area contributed by atoms with Gasteiger partial charge in [-0.1, -0.05) is 29.4 Å². The second-order valence-electron chi connectivity index (χ2n) is 5.62. The molecule has 0 atom stereocenters. The third-order valence-corrected chi connectivity index (χ3v) is 4.08. The van der Waals surface area contributed by atoms with Gasteiger partial charge in [0.05, 0.1) is 6.54 Å². The molecular weight excluding hydrogens is 339 g/mol. The third kappa shape index (κ3) is 4.19. The molecule has 5 nitrogen and oxygen atoms in total. The number of aromatic nitrogens is 2. The average molecular weight is 356 g/mol. The predicted molar refractivity (Wildman–Crippen MR) is 98.6 cm³/mol.